The van der Waals surface area contributed by atoms with E-state index in [9.17, 15) is 9.00 Å². The summed E-state index contributed by atoms with van der Waals surface area (Å²) in [6.45, 7) is 0.337. The summed E-state index contributed by atoms with van der Waals surface area (Å²) in [6.07, 6.45) is 0. The number of furan rings is 1. The van der Waals surface area contributed by atoms with E-state index in [1.807, 2.05) is 12.1 Å². The molecule has 26 heavy (non-hydrogen) atoms. The maximum atomic E-state index is 12.4. The number of halogens is 2. The van der Waals surface area contributed by atoms with Gasteiger partial charge in [-0.05, 0) is 48.0 Å². The minimum atomic E-state index is -1.31. The molecule has 3 aromatic rings. The molecule has 0 aliphatic rings. The highest BCUT2D eigenvalue weighted by Crippen LogP contribution is 2.18. The molecule has 1 amide bonds. The van der Waals surface area contributed by atoms with Crippen LogP contribution in [0, 0.1) is 0 Å². The lowest BCUT2D eigenvalue weighted by molar-refractivity contribution is 0.0921. The van der Waals surface area contributed by atoms with Crippen LogP contribution < -0.4 is 5.32 Å². The van der Waals surface area contributed by atoms with Crippen molar-refractivity contribution in [3.8, 4) is 0 Å². The molecule has 0 aliphatic carbocycles. The Kier molecular flexibility index (Phi) is 6.14. The van der Waals surface area contributed by atoms with Crippen molar-refractivity contribution in [1.82, 2.24) is 5.32 Å². The normalized spacial score (nSPS) is 11.9. The Labute approximate surface area is 163 Å². The highest BCUT2D eigenvalue weighted by Gasteiger charge is 2.14. The SMILES string of the molecule is O=C(NCc1cccc(Cl)c1)c1ccc(C[S@@](=O)c2cccc(Cl)c2)o1. The number of nitrogens with one attached hydrogen (secondary N) is 1. The van der Waals surface area contributed by atoms with Gasteiger partial charge in [-0.1, -0.05) is 41.4 Å². The lowest BCUT2D eigenvalue weighted by Crippen LogP contribution is -2.22. The Bertz CT molecular complexity index is 955. The second kappa shape index (κ2) is 8.54. The monoisotopic (exact) mass is 407 g/mol. The molecule has 0 fully saturated rings. The van der Waals surface area contributed by atoms with Crippen LogP contribution in [0.3, 0.4) is 0 Å². The maximum Gasteiger partial charge on any atom is 0.287 e. The molecule has 0 spiro atoms. The number of hydrogen-bond acceptors (Lipinski definition) is 3. The van der Waals surface area contributed by atoms with Crippen LogP contribution in [0.5, 0.6) is 0 Å². The molecule has 134 valence electrons. The van der Waals surface area contributed by atoms with Gasteiger partial charge >= 0.3 is 0 Å². The van der Waals surface area contributed by atoms with E-state index in [2.05, 4.69) is 5.32 Å². The first-order valence-corrected chi connectivity index (χ1v) is 9.84. The Morgan fingerprint density at radius 1 is 1.00 bits per heavy atom. The Balaban J connectivity index is 1.60. The molecule has 0 unspecified atom stereocenters. The second-order valence-electron chi connectivity index (χ2n) is 5.53. The second-order valence-corrected chi connectivity index (χ2v) is 7.85. The molecular weight excluding hydrogens is 393 g/mol. The minimum absolute atomic E-state index is 0.169. The minimum Gasteiger partial charge on any atom is -0.455 e. The number of amides is 1. The van der Waals surface area contributed by atoms with Crippen LogP contribution in [0.1, 0.15) is 21.9 Å². The smallest absolute Gasteiger partial charge is 0.287 e. The van der Waals surface area contributed by atoms with E-state index < -0.39 is 10.8 Å². The van der Waals surface area contributed by atoms with Crippen molar-refractivity contribution in [2.24, 2.45) is 0 Å². The third kappa shape index (κ3) is 4.97. The van der Waals surface area contributed by atoms with Crippen molar-refractivity contribution in [2.45, 2.75) is 17.2 Å². The summed E-state index contributed by atoms with van der Waals surface area (Å²) in [5.74, 6) is 0.466. The molecule has 0 saturated carbocycles. The first-order chi connectivity index (χ1) is 12.5. The predicted octanol–water partition coefficient (Wildman–Crippen LogP) is 4.82. The molecule has 4 nitrogen and oxygen atoms in total. The molecule has 1 aromatic heterocycles. The largest absolute Gasteiger partial charge is 0.455 e. The first kappa shape index (κ1) is 18.7. The molecule has 0 bridgehead atoms. The van der Waals surface area contributed by atoms with Crippen LogP contribution in [-0.2, 0) is 23.1 Å². The van der Waals surface area contributed by atoms with E-state index in [0.29, 0.717) is 27.2 Å². The van der Waals surface area contributed by atoms with Crippen LogP contribution in [0.4, 0.5) is 0 Å². The van der Waals surface area contributed by atoms with E-state index in [1.165, 1.54) is 0 Å². The van der Waals surface area contributed by atoms with Crippen molar-refractivity contribution < 1.29 is 13.4 Å². The molecule has 0 saturated heterocycles. The number of carbonyl (C=O) groups is 1. The lowest BCUT2D eigenvalue weighted by Gasteiger charge is -2.04. The molecule has 0 radical (unpaired) electrons. The molecule has 0 aliphatic heterocycles. The number of carbonyl (C=O) groups excluding carboxylic acids is 1. The fourth-order valence-corrected chi connectivity index (χ4v) is 3.85. The van der Waals surface area contributed by atoms with Gasteiger partial charge in [0.15, 0.2) is 5.76 Å². The van der Waals surface area contributed by atoms with E-state index in [1.54, 1.807) is 48.5 Å². The standard InChI is InChI=1S/C19H15Cl2NO3S/c20-14-4-1-3-13(9-14)11-22-19(23)18-8-7-16(25-18)12-26(24)17-6-2-5-15(21)10-17/h1-10H,11-12H2,(H,22,23)/t26-/m1/s1. The Morgan fingerprint density at radius 3 is 2.46 bits per heavy atom. The number of rotatable bonds is 6. The van der Waals surface area contributed by atoms with E-state index >= 15 is 0 Å². The van der Waals surface area contributed by atoms with Gasteiger partial charge in [0.1, 0.15) is 5.76 Å². The van der Waals surface area contributed by atoms with Gasteiger partial charge in [-0.15, -0.1) is 0 Å². The average Bonchev–Trinajstić information content (AvgIpc) is 3.08. The molecule has 3 rings (SSSR count). The lowest BCUT2D eigenvalue weighted by atomic mass is 10.2. The van der Waals surface area contributed by atoms with E-state index in [4.69, 9.17) is 27.6 Å². The van der Waals surface area contributed by atoms with Crippen LogP contribution in [0.25, 0.3) is 0 Å². The third-order valence-corrected chi connectivity index (χ3v) is 5.36. The quantitative estimate of drug-likeness (QED) is 0.636. The summed E-state index contributed by atoms with van der Waals surface area (Å²) in [5.41, 5.74) is 0.889. The highest BCUT2D eigenvalue weighted by molar-refractivity contribution is 7.84. The zero-order chi connectivity index (χ0) is 18.5. The molecule has 7 heteroatoms. The van der Waals surface area contributed by atoms with Gasteiger partial charge in [-0.25, -0.2) is 0 Å². The van der Waals surface area contributed by atoms with Gasteiger partial charge < -0.3 is 9.73 Å². The maximum absolute atomic E-state index is 12.4. The Hall–Kier alpha value is -2.08. The van der Waals surface area contributed by atoms with Crippen LogP contribution >= 0.6 is 23.2 Å². The van der Waals surface area contributed by atoms with Gasteiger partial charge in [-0.2, -0.15) is 0 Å². The zero-order valence-electron chi connectivity index (χ0n) is 13.6. The summed E-state index contributed by atoms with van der Waals surface area (Å²) in [5, 5.41) is 3.90. The third-order valence-electron chi connectivity index (χ3n) is 3.56. The van der Waals surface area contributed by atoms with Gasteiger partial charge in [0.05, 0.1) is 16.6 Å². The summed E-state index contributed by atoms with van der Waals surface area (Å²) < 4.78 is 17.9. The highest BCUT2D eigenvalue weighted by atomic mass is 35.5. The van der Waals surface area contributed by atoms with Crippen molar-refractivity contribution in [3.63, 3.8) is 0 Å². The van der Waals surface area contributed by atoms with Crippen molar-refractivity contribution in [1.29, 1.82) is 0 Å². The first-order valence-electron chi connectivity index (χ1n) is 7.76. The summed E-state index contributed by atoms with van der Waals surface area (Å²) >= 11 is 11.8. The topological polar surface area (TPSA) is 59.3 Å². The molecule has 2 aromatic carbocycles. The van der Waals surface area contributed by atoms with Crippen LogP contribution in [0.2, 0.25) is 10.0 Å². The van der Waals surface area contributed by atoms with Crippen molar-refractivity contribution in [3.05, 3.63) is 87.8 Å². The van der Waals surface area contributed by atoms with Gasteiger partial charge in [-0.3, -0.25) is 9.00 Å². The number of benzene rings is 2. The number of hydrogen-bond donors (Lipinski definition) is 1. The predicted molar refractivity (Wildman–Crippen MR) is 103 cm³/mol. The Morgan fingerprint density at radius 2 is 1.73 bits per heavy atom. The molecule has 1 N–H and O–H groups in total. The average molecular weight is 408 g/mol. The molecule has 1 atom stereocenters. The van der Waals surface area contributed by atoms with Gasteiger partial charge in [0.25, 0.3) is 5.91 Å². The fraction of sp³-hybridized carbons (Fsp3) is 0.105. The van der Waals surface area contributed by atoms with E-state index in [-0.39, 0.29) is 17.4 Å². The molecular formula is C19H15Cl2NO3S. The summed E-state index contributed by atoms with van der Waals surface area (Å²) in [6, 6.07) is 17.3. The van der Waals surface area contributed by atoms with Crippen LogP contribution in [-0.4, -0.2) is 10.1 Å². The van der Waals surface area contributed by atoms with Crippen molar-refractivity contribution >= 4 is 39.9 Å². The zero-order valence-corrected chi connectivity index (χ0v) is 15.9. The summed E-state index contributed by atoms with van der Waals surface area (Å²) in [7, 11) is -1.31. The fourth-order valence-electron chi connectivity index (χ4n) is 2.32. The summed E-state index contributed by atoms with van der Waals surface area (Å²) in [4.78, 5) is 12.8. The van der Waals surface area contributed by atoms with E-state index in [0.717, 1.165) is 5.56 Å². The van der Waals surface area contributed by atoms with Gasteiger partial charge in [0.2, 0.25) is 0 Å². The molecule has 1 heterocycles. The van der Waals surface area contributed by atoms with Crippen LogP contribution in [0.15, 0.2) is 70.0 Å². The van der Waals surface area contributed by atoms with Crippen molar-refractivity contribution in [2.75, 3.05) is 0 Å². The van der Waals surface area contributed by atoms with Gasteiger partial charge in [0, 0.05) is 21.5 Å².